The highest BCUT2D eigenvalue weighted by atomic mass is 16.2. The third-order valence-corrected chi connectivity index (χ3v) is 3.91. The molecule has 138 valence electrons. The van der Waals surface area contributed by atoms with E-state index in [-0.39, 0.29) is 24.9 Å². The Morgan fingerprint density at radius 1 is 1.04 bits per heavy atom. The van der Waals surface area contributed by atoms with E-state index < -0.39 is 5.91 Å². The minimum Gasteiger partial charge on any atom is -0.345 e. The molecule has 8 heteroatoms. The molecule has 0 atom stereocenters. The predicted molar refractivity (Wildman–Crippen MR) is 97.8 cm³/mol. The smallest absolute Gasteiger partial charge is 0.251 e. The van der Waals surface area contributed by atoms with Crippen molar-refractivity contribution in [3.8, 4) is 0 Å². The summed E-state index contributed by atoms with van der Waals surface area (Å²) < 4.78 is 1.67. The number of aromatic nitrogens is 2. The lowest BCUT2D eigenvalue weighted by atomic mass is 10.1. The van der Waals surface area contributed by atoms with Crippen LogP contribution in [0.15, 0.2) is 24.3 Å². The lowest BCUT2D eigenvalue weighted by Crippen LogP contribution is -2.40. The highest BCUT2D eigenvalue weighted by Crippen LogP contribution is 2.17. The number of amides is 3. The first-order chi connectivity index (χ1) is 12.3. The Morgan fingerprint density at radius 2 is 1.73 bits per heavy atom. The minimum atomic E-state index is -0.444. The zero-order valence-corrected chi connectivity index (χ0v) is 15.3. The van der Waals surface area contributed by atoms with Gasteiger partial charge in [-0.25, -0.2) is 0 Å². The van der Waals surface area contributed by atoms with Crippen LogP contribution >= 0.6 is 0 Å². The number of nitrogens with zero attached hydrogens (tertiary/aromatic N) is 2. The van der Waals surface area contributed by atoms with Crippen LogP contribution in [0, 0.1) is 20.8 Å². The normalized spacial score (nSPS) is 10.3. The van der Waals surface area contributed by atoms with E-state index >= 15 is 0 Å². The number of anilines is 1. The number of benzene rings is 1. The molecule has 0 unspecified atom stereocenters. The predicted octanol–water partition coefficient (Wildman–Crippen LogP) is 0.830. The Bertz CT molecular complexity index is 841. The summed E-state index contributed by atoms with van der Waals surface area (Å²) in [6.45, 7) is 5.13. The molecule has 0 saturated heterocycles. The van der Waals surface area contributed by atoms with Gasteiger partial charge < -0.3 is 16.0 Å². The van der Waals surface area contributed by atoms with Crippen molar-refractivity contribution in [2.45, 2.75) is 20.8 Å². The second-order valence-electron chi connectivity index (χ2n) is 6.05. The SMILES string of the molecule is Cc1cccc(C(=O)NCC(=O)NCC(=O)Nc2c(C)nn(C)c2C)c1. The van der Waals surface area contributed by atoms with E-state index in [0.717, 1.165) is 11.3 Å². The molecule has 0 saturated carbocycles. The summed E-state index contributed by atoms with van der Waals surface area (Å²) >= 11 is 0. The van der Waals surface area contributed by atoms with Gasteiger partial charge in [-0.05, 0) is 32.9 Å². The molecule has 8 nitrogen and oxygen atoms in total. The van der Waals surface area contributed by atoms with Gasteiger partial charge in [0.25, 0.3) is 5.91 Å². The number of hydrogen-bond donors (Lipinski definition) is 3. The lowest BCUT2D eigenvalue weighted by Gasteiger charge is -2.08. The Labute approximate surface area is 152 Å². The van der Waals surface area contributed by atoms with Gasteiger partial charge in [0.15, 0.2) is 0 Å². The number of carbonyl (C=O) groups excluding carboxylic acids is 3. The first-order valence-electron chi connectivity index (χ1n) is 8.19. The van der Waals surface area contributed by atoms with E-state index in [2.05, 4.69) is 21.0 Å². The molecule has 2 rings (SSSR count). The van der Waals surface area contributed by atoms with Crippen molar-refractivity contribution in [1.29, 1.82) is 0 Å². The maximum atomic E-state index is 12.0. The molecule has 1 aromatic heterocycles. The first kappa shape index (κ1) is 19.2. The van der Waals surface area contributed by atoms with Gasteiger partial charge in [-0.2, -0.15) is 5.10 Å². The molecule has 0 radical (unpaired) electrons. The van der Waals surface area contributed by atoms with Crippen molar-refractivity contribution in [1.82, 2.24) is 20.4 Å². The molecule has 0 spiro atoms. The summed E-state index contributed by atoms with van der Waals surface area (Å²) in [6.07, 6.45) is 0. The van der Waals surface area contributed by atoms with E-state index in [1.54, 1.807) is 36.9 Å². The second-order valence-corrected chi connectivity index (χ2v) is 6.05. The number of aryl methyl sites for hydroxylation is 3. The Balaban J connectivity index is 1.78. The van der Waals surface area contributed by atoms with Crippen LogP contribution < -0.4 is 16.0 Å². The first-order valence-corrected chi connectivity index (χ1v) is 8.19. The van der Waals surface area contributed by atoms with Crippen LogP contribution in [-0.2, 0) is 16.6 Å². The number of nitrogens with one attached hydrogen (secondary N) is 3. The monoisotopic (exact) mass is 357 g/mol. The van der Waals surface area contributed by atoms with Crippen molar-refractivity contribution in [3.63, 3.8) is 0 Å². The summed E-state index contributed by atoms with van der Waals surface area (Å²) in [5.41, 5.74) is 3.61. The Hall–Kier alpha value is -3.16. The molecular weight excluding hydrogens is 334 g/mol. The van der Waals surface area contributed by atoms with Crippen LogP contribution in [0.5, 0.6) is 0 Å². The van der Waals surface area contributed by atoms with Gasteiger partial charge in [0.1, 0.15) is 0 Å². The topological polar surface area (TPSA) is 105 Å². The number of carbonyl (C=O) groups is 3. The third-order valence-electron chi connectivity index (χ3n) is 3.91. The van der Waals surface area contributed by atoms with Crippen molar-refractivity contribution in [3.05, 3.63) is 46.8 Å². The minimum absolute atomic E-state index is 0.188. The van der Waals surface area contributed by atoms with E-state index in [1.165, 1.54) is 0 Å². The highest BCUT2D eigenvalue weighted by molar-refractivity contribution is 5.98. The zero-order chi connectivity index (χ0) is 19.3. The fraction of sp³-hybridized carbons (Fsp3) is 0.333. The van der Waals surface area contributed by atoms with Gasteiger partial charge >= 0.3 is 0 Å². The largest absolute Gasteiger partial charge is 0.345 e. The lowest BCUT2D eigenvalue weighted by molar-refractivity contribution is -0.123. The van der Waals surface area contributed by atoms with Crippen LogP contribution in [0.1, 0.15) is 27.3 Å². The van der Waals surface area contributed by atoms with Crippen LogP contribution in [0.25, 0.3) is 0 Å². The van der Waals surface area contributed by atoms with E-state index in [1.807, 2.05) is 19.9 Å². The fourth-order valence-electron chi connectivity index (χ4n) is 2.43. The second kappa shape index (κ2) is 8.28. The van der Waals surface area contributed by atoms with Gasteiger partial charge in [-0.1, -0.05) is 17.7 Å². The molecule has 0 bridgehead atoms. The Kier molecular flexibility index (Phi) is 6.11. The van der Waals surface area contributed by atoms with Crippen LogP contribution in [-0.4, -0.2) is 40.6 Å². The van der Waals surface area contributed by atoms with Gasteiger partial charge in [0, 0.05) is 12.6 Å². The summed E-state index contributed by atoms with van der Waals surface area (Å²) in [7, 11) is 1.79. The molecule has 0 aliphatic heterocycles. The van der Waals surface area contributed by atoms with Gasteiger partial charge in [-0.3, -0.25) is 19.1 Å². The van der Waals surface area contributed by atoms with Gasteiger partial charge in [0.05, 0.1) is 30.2 Å². The third kappa shape index (κ3) is 4.92. The van der Waals surface area contributed by atoms with E-state index in [0.29, 0.717) is 16.9 Å². The fourth-order valence-corrected chi connectivity index (χ4v) is 2.43. The van der Waals surface area contributed by atoms with E-state index in [4.69, 9.17) is 0 Å². The molecule has 1 heterocycles. The summed E-state index contributed by atoms with van der Waals surface area (Å²) in [6, 6.07) is 7.07. The summed E-state index contributed by atoms with van der Waals surface area (Å²) in [5.74, 6) is -1.14. The molecule has 1 aromatic carbocycles. The molecule has 2 aromatic rings. The molecule has 0 fully saturated rings. The average molecular weight is 357 g/mol. The molecule has 0 aliphatic rings. The maximum Gasteiger partial charge on any atom is 0.251 e. The van der Waals surface area contributed by atoms with Crippen molar-refractivity contribution < 1.29 is 14.4 Å². The highest BCUT2D eigenvalue weighted by Gasteiger charge is 2.13. The van der Waals surface area contributed by atoms with Crippen LogP contribution in [0.2, 0.25) is 0 Å². The van der Waals surface area contributed by atoms with Crippen LogP contribution in [0.4, 0.5) is 5.69 Å². The van der Waals surface area contributed by atoms with Crippen molar-refractivity contribution in [2.24, 2.45) is 7.05 Å². The van der Waals surface area contributed by atoms with Crippen LogP contribution in [0.3, 0.4) is 0 Å². The van der Waals surface area contributed by atoms with Crippen molar-refractivity contribution >= 4 is 23.4 Å². The Morgan fingerprint density at radius 3 is 2.35 bits per heavy atom. The van der Waals surface area contributed by atoms with Crippen molar-refractivity contribution in [2.75, 3.05) is 18.4 Å². The summed E-state index contributed by atoms with van der Waals surface area (Å²) in [4.78, 5) is 35.8. The summed E-state index contributed by atoms with van der Waals surface area (Å²) in [5, 5.41) is 11.9. The maximum absolute atomic E-state index is 12.0. The standard InChI is InChI=1S/C18H23N5O3/c1-11-6-5-7-14(8-11)18(26)20-9-15(24)19-10-16(25)21-17-12(2)22-23(4)13(17)3/h5-8H,9-10H2,1-4H3,(H,19,24)(H,20,26)(H,21,25). The zero-order valence-electron chi connectivity index (χ0n) is 15.3. The quantitative estimate of drug-likeness (QED) is 0.712. The van der Waals surface area contributed by atoms with Gasteiger partial charge in [-0.15, -0.1) is 0 Å². The molecule has 3 N–H and O–H groups in total. The average Bonchev–Trinajstić information content (AvgIpc) is 2.84. The number of hydrogen-bond acceptors (Lipinski definition) is 4. The molecule has 26 heavy (non-hydrogen) atoms. The number of rotatable bonds is 6. The molecular formula is C18H23N5O3. The van der Waals surface area contributed by atoms with E-state index in [9.17, 15) is 14.4 Å². The van der Waals surface area contributed by atoms with Gasteiger partial charge in [0.2, 0.25) is 11.8 Å². The molecule has 3 amide bonds. The molecule has 0 aliphatic carbocycles.